The number of nitrogens with one attached hydrogen (secondary N) is 1. The van der Waals surface area contributed by atoms with E-state index in [0.29, 0.717) is 11.8 Å². The first-order valence-electron chi connectivity index (χ1n) is 6.28. The minimum atomic E-state index is 0.264. The molecule has 0 spiro atoms. The van der Waals surface area contributed by atoms with Crippen molar-refractivity contribution in [3.8, 4) is 0 Å². The number of hydrogen-bond donors (Lipinski definition) is 1. The summed E-state index contributed by atoms with van der Waals surface area (Å²) in [5.41, 5.74) is 2.26. The molecule has 2 rings (SSSR count). The molecule has 1 unspecified atom stereocenters. The molecular formula is C13H22N2O. The number of likely N-dealkylation sites (tertiary alicyclic amines) is 1. The first-order valence-corrected chi connectivity index (χ1v) is 6.28. The van der Waals surface area contributed by atoms with E-state index in [4.69, 9.17) is 0 Å². The molecule has 3 heteroatoms. The van der Waals surface area contributed by atoms with Gasteiger partial charge in [0, 0.05) is 31.8 Å². The van der Waals surface area contributed by atoms with Gasteiger partial charge in [0.05, 0.1) is 0 Å². The van der Waals surface area contributed by atoms with Crippen molar-refractivity contribution in [2.24, 2.45) is 11.8 Å². The van der Waals surface area contributed by atoms with Gasteiger partial charge in [-0.1, -0.05) is 13.8 Å². The lowest BCUT2D eigenvalue weighted by atomic mass is 9.95. The first kappa shape index (κ1) is 11.6. The Bertz CT molecular complexity index is 314. The van der Waals surface area contributed by atoms with Crippen LogP contribution in [0.2, 0.25) is 0 Å². The van der Waals surface area contributed by atoms with E-state index in [-0.39, 0.29) is 5.91 Å². The van der Waals surface area contributed by atoms with Crippen molar-refractivity contribution in [1.29, 1.82) is 0 Å². The van der Waals surface area contributed by atoms with Gasteiger partial charge in [-0.25, -0.2) is 0 Å². The maximum Gasteiger partial charge on any atom is 0.249 e. The van der Waals surface area contributed by atoms with Crippen LogP contribution in [0.1, 0.15) is 27.2 Å². The van der Waals surface area contributed by atoms with E-state index in [0.717, 1.165) is 31.8 Å². The van der Waals surface area contributed by atoms with Gasteiger partial charge < -0.3 is 10.2 Å². The molecule has 2 fully saturated rings. The number of carbonyl (C=O) groups is 1. The fourth-order valence-corrected chi connectivity index (χ4v) is 2.42. The molecule has 1 atom stereocenters. The molecule has 0 bridgehead atoms. The van der Waals surface area contributed by atoms with Crippen LogP contribution >= 0.6 is 0 Å². The fraction of sp³-hybridized carbons (Fsp3) is 0.769. The van der Waals surface area contributed by atoms with Crippen LogP contribution in [0.5, 0.6) is 0 Å². The summed E-state index contributed by atoms with van der Waals surface area (Å²) in [5, 5.41) is 3.19. The molecule has 16 heavy (non-hydrogen) atoms. The second kappa shape index (κ2) is 4.58. The molecule has 0 aromatic carbocycles. The van der Waals surface area contributed by atoms with Crippen molar-refractivity contribution < 1.29 is 4.79 Å². The Morgan fingerprint density at radius 3 is 2.56 bits per heavy atom. The minimum absolute atomic E-state index is 0.264. The lowest BCUT2D eigenvalue weighted by Gasteiger charge is -2.24. The van der Waals surface area contributed by atoms with Crippen LogP contribution in [0.25, 0.3) is 0 Å². The molecule has 2 saturated heterocycles. The molecule has 2 heterocycles. The van der Waals surface area contributed by atoms with Gasteiger partial charge >= 0.3 is 0 Å². The molecule has 2 aliphatic heterocycles. The van der Waals surface area contributed by atoms with Crippen molar-refractivity contribution in [3.63, 3.8) is 0 Å². The molecule has 90 valence electrons. The van der Waals surface area contributed by atoms with E-state index in [1.54, 1.807) is 0 Å². The van der Waals surface area contributed by atoms with Crippen LogP contribution in [0.15, 0.2) is 11.1 Å². The normalized spacial score (nSPS) is 24.9. The van der Waals surface area contributed by atoms with Crippen LogP contribution in [0.3, 0.4) is 0 Å². The summed E-state index contributed by atoms with van der Waals surface area (Å²) < 4.78 is 0. The minimum Gasteiger partial charge on any atom is -0.339 e. The highest BCUT2D eigenvalue weighted by atomic mass is 16.2. The lowest BCUT2D eigenvalue weighted by molar-refractivity contribution is -0.126. The molecule has 3 nitrogen and oxygen atoms in total. The van der Waals surface area contributed by atoms with Crippen molar-refractivity contribution in [1.82, 2.24) is 10.2 Å². The molecule has 0 aromatic heterocycles. The summed E-state index contributed by atoms with van der Waals surface area (Å²) in [6.45, 7) is 10.2. The maximum absolute atomic E-state index is 12.2. The van der Waals surface area contributed by atoms with Crippen molar-refractivity contribution in [2.75, 3.05) is 26.2 Å². The Balaban J connectivity index is 1.96. The number of rotatable bonds is 2. The molecular weight excluding hydrogens is 200 g/mol. The van der Waals surface area contributed by atoms with E-state index >= 15 is 0 Å². The van der Waals surface area contributed by atoms with E-state index in [1.807, 2.05) is 11.8 Å². The zero-order valence-corrected chi connectivity index (χ0v) is 10.5. The largest absolute Gasteiger partial charge is 0.339 e. The predicted octanol–water partition coefficient (Wildman–Crippen LogP) is 1.41. The van der Waals surface area contributed by atoms with E-state index in [1.165, 1.54) is 12.0 Å². The summed E-state index contributed by atoms with van der Waals surface area (Å²) in [7, 11) is 0. The molecule has 0 aromatic rings. The monoisotopic (exact) mass is 222 g/mol. The van der Waals surface area contributed by atoms with Gasteiger partial charge in [-0.05, 0) is 30.8 Å². The highest BCUT2D eigenvalue weighted by molar-refractivity contribution is 5.94. The summed E-state index contributed by atoms with van der Waals surface area (Å²) in [6.07, 6.45) is 1.17. The zero-order chi connectivity index (χ0) is 11.7. The Kier molecular flexibility index (Phi) is 3.33. The third kappa shape index (κ3) is 2.14. The smallest absolute Gasteiger partial charge is 0.249 e. The van der Waals surface area contributed by atoms with Crippen molar-refractivity contribution in [2.45, 2.75) is 27.2 Å². The second-order valence-corrected chi connectivity index (χ2v) is 5.38. The van der Waals surface area contributed by atoms with Gasteiger partial charge in [-0.15, -0.1) is 0 Å². The highest BCUT2D eigenvalue weighted by Gasteiger charge is 2.29. The average Bonchev–Trinajstić information content (AvgIpc) is 2.62. The predicted molar refractivity (Wildman–Crippen MR) is 65.1 cm³/mol. The molecule has 0 saturated carbocycles. The topological polar surface area (TPSA) is 32.3 Å². The summed E-state index contributed by atoms with van der Waals surface area (Å²) in [6, 6.07) is 0. The third-order valence-electron chi connectivity index (χ3n) is 3.98. The summed E-state index contributed by atoms with van der Waals surface area (Å²) in [5.74, 6) is 1.65. The molecule has 2 aliphatic rings. The first-order chi connectivity index (χ1) is 7.59. The van der Waals surface area contributed by atoms with Gasteiger partial charge in [0.1, 0.15) is 0 Å². The van der Waals surface area contributed by atoms with E-state index in [2.05, 4.69) is 19.2 Å². The second-order valence-electron chi connectivity index (χ2n) is 5.38. The summed E-state index contributed by atoms with van der Waals surface area (Å²) in [4.78, 5) is 14.2. The number of nitrogens with zero attached hydrogens (tertiary/aromatic N) is 1. The van der Waals surface area contributed by atoms with E-state index in [9.17, 15) is 4.79 Å². The molecule has 0 radical (unpaired) electrons. The molecule has 1 N–H and O–H groups in total. The summed E-state index contributed by atoms with van der Waals surface area (Å²) >= 11 is 0. The Morgan fingerprint density at radius 1 is 1.44 bits per heavy atom. The van der Waals surface area contributed by atoms with Crippen LogP contribution in [-0.4, -0.2) is 37.0 Å². The van der Waals surface area contributed by atoms with Gasteiger partial charge in [0.2, 0.25) is 5.91 Å². The third-order valence-corrected chi connectivity index (χ3v) is 3.98. The fourth-order valence-electron chi connectivity index (χ4n) is 2.42. The van der Waals surface area contributed by atoms with Crippen molar-refractivity contribution >= 4 is 5.91 Å². The van der Waals surface area contributed by atoms with Crippen LogP contribution in [-0.2, 0) is 4.79 Å². The standard InChI is InChI=1S/C13H22N2O/c1-9(2)11-4-5-15(8-11)13(16)10(3)12-6-14-7-12/h9,11,14H,4-8H2,1-3H3. The van der Waals surface area contributed by atoms with E-state index < -0.39 is 0 Å². The van der Waals surface area contributed by atoms with Crippen LogP contribution in [0.4, 0.5) is 0 Å². The average molecular weight is 222 g/mol. The zero-order valence-electron chi connectivity index (χ0n) is 10.5. The highest BCUT2D eigenvalue weighted by Crippen LogP contribution is 2.25. The van der Waals surface area contributed by atoms with Gasteiger partial charge in [0.15, 0.2) is 0 Å². The Hall–Kier alpha value is -0.830. The van der Waals surface area contributed by atoms with Gasteiger partial charge in [-0.2, -0.15) is 0 Å². The van der Waals surface area contributed by atoms with Crippen molar-refractivity contribution in [3.05, 3.63) is 11.1 Å². The number of carbonyl (C=O) groups excluding carboxylic acids is 1. The molecule has 0 aliphatic carbocycles. The number of hydrogen-bond acceptors (Lipinski definition) is 2. The quantitative estimate of drug-likeness (QED) is 0.717. The molecule has 1 amide bonds. The van der Waals surface area contributed by atoms with Crippen LogP contribution in [0, 0.1) is 11.8 Å². The maximum atomic E-state index is 12.2. The van der Waals surface area contributed by atoms with Crippen LogP contribution < -0.4 is 5.32 Å². The number of amides is 1. The Labute approximate surface area is 97.9 Å². The van der Waals surface area contributed by atoms with Gasteiger partial charge in [-0.3, -0.25) is 4.79 Å². The Morgan fingerprint density at radius 2 is 2.12 bits per heavy atom. The lowest BCUT2D eigenvalue weighted by Crippen LogP contribution is -2.38. The SMILES string of the molecule is CC(C(=O)N1CCC(C(C)C)C1)=C1CNC1. The van der Waals surface area contributed by atoms with Gasteiger partial charge in [0.25, 0.3) is 0 Å².